The average Bonchev–Trinajstić information content (AvgIpc) is 2.73. The third-order valence-corrected chi connectivity index (χ3v) is 2.72. The molecule has 0 saturated carbocycles. The molecule has 0 bridgehead atoms. The second-order valence-electron chi connectivity index (χ2n) is 3.68. The van der Waals surface area contributed by atoms with Crippen LogP contribution >= 0.6 is 11.6 Å². The van der Waals surface area contributed by atoms with E-state index in [1.54, 1.807) is 6.20 Å². The van der Waals surface area contributed by atoms with Crippen molar-refractivity contribution in [3.63, 3.8) is 0 Å². The Hall–Kier alpha value is -2.08. The molecule has 0 spiro atoms. The van der Waals surface area contributed by atoms with E-state index in [9.17, 15) is 10.1 Å². The van der Waals surface area contributed by atoms with Crippen LogP contribution in [0.1, 0.15) is 11.3 Å². The minimum atomic E-state index is -0.506. The maximum absolute atomic E-state index is 10.5. The summed E-state index contributed by atoms with van der Waals surface area (Å²) in [5.41, 5.74) is 1.68. The summed E-state index contributed by atoms with van der Waals surface area (Å²) >= 11 is 5.90. The van der Waals surface area contributed by atoms with Gasteiger partial charge in [-0.05, 0) is 18.6 Å². The molecule has 0 radical (unpaired) electrons. The number of aryl methyl sites for hydroxylation is 1. The zero-order valence-corrected chi connectivity index (χ0v) is 10.3. The molecular weight excluding hydrogens is 258 g/mol. The summed E-state index contributed by atoms with van der Waals surface area (Å²) in [6, 6.07) is 4.08. The van der Waals surface area contributed by atoms with E-state index in [-0.39, 0.29) is 17.3 Å². The van der Waals surface area contributed by atoms with Gasteiger partial charge in [-0.3, -0.25) is 15.2 Å². The summed E-state index contributed by atoms with van der Waals surface area (Å²) in [6.45, 7) is 2.16. The summed E-state index contributed by atoms with van der Waals surface area (Å²) in [5.74, 6) is 0.393. The molecule has 2 aromatic rings. The summed E-state index contributed by atoms with van der Waals surface area (Å²) < 4.78 is 5.46. The number of non-ortho nitro benzene ring substituents is 1. The molecule has 1 aromatic heterocycles. The van der Waals surface area contributed by atoms with Crippen molar-refractivity contribution in [3.8, 4) is 5.75 Å². The molecule has 0 amide bonds. The van der Waals surface area contributed by atoms with E-state index in [1.165, 1.54) is 18.2 Å². The highest BCUT2D eigenvalue weighted by atomic mass is 35.5. The molecule has 18 heavy (non-hydrogen) atoms. The molecule has 6 nitrogen and oxygen atoms in total. The van der Waals surface area contributed by atoms with Crippen LogP contribution in [0.15, 0.2) is 24.4 Å². The number of ether oxygens (including phenoxy) is 1. The number of nitro benzene ring substituents is 1. The Labute approximate surface area is 108 Å². The molecule has 1 aromatic carbocycles. The second kappa shape index (κ2) is 5.05. The van der Waals surface area contributed by atoms with Crippen LogP contribution in [0.3, 0.4) is 0 Å². The monoisotopic (exact) mass is 267 g/mol. The average molecular weight is 268 g/mol. The molecule has 0 atom stereocenters. The molecule has 0 unspecified atom stereocenters. The Morgan fingerprint density at radius 3 is 2.89 bits per heavy atom. The van der Waals surface area contributed by atoms with E-state index in [2.05, 4.69) is 10.2 Å². The van der Waals surface area contributed by atoms with Crippen molar-refractivity contribution >= 4 is 17.3 Å². The second-order valence-corrected chi connectivity index (χ2v) is 4.08. The standard InChI is InChI=1S/C11H10ClN3O3/c1-7-5-13-14-10(7)6-18-11-3-2-8(15(16)17)4-9(11)12/h2-5H,6H2,1H3,(H,13,14). The summed E-state index contributed by atoms with van der Waals surface area (Å²) in [6.07, 6.45) is 1.76. The normalized spacial score (nSPS) is 10.3. The number of nitro groups is 1. The molecule has 1 heterocycles. The maximum atomic E-state index is 10.5. The number of nitrogens with one attached hydrogen (secondary N) is 1. The minimum absolute atomic E-state index is 0.0664. The predicted octanol–water partition coefficient (Wildman–Crippen LogP) is 2.86. The maximum Gasteiger partial charge on any atom is 0.271 e. The molecule has 0 saturated heterocycles. The number of hydrogen-bond acceptors (Lipinski definition) is 4. The molecule has 94 valence electrons. The van der Waals surface area contributed by atoms with Gasteiger partial charge >= 0.3 is 0 Å². The van der Waals surface area contributed by atoms with Gasteiger partial charge in [0.15, 0.2) is 0 Å². The van der Waals surface area contributed by atoms with Crippen LogP contribution in [-0.2, 0) is 6.61 Å². The summed E-state index contributed by atoms with van der Waals surface area (Å²) in [4.78, 5) is 10.0. The van der Waals surface area contributed by atoms with Crippen LogP contribution < -0.4 is 4.74 Å². The van der Waals surface area contributed by atoms with Crippen LogP contribution in [-0.4, -0.2) is 15.1 Å². The van der Waals surface area contributed by atoms with Crippen LogP contribution in [0.4, 0.5) is 5.69 Å². The van der Waals surface area contributed by atoms with Gasteiger partial charge in [0.2, 0.25) is 0 Å². The smallest absolute Gasteiger partial charge is 0.271 e. The largest absolute Gasteiger partial charge is 0.486 e. The van der Waals surface area contributed by atoms with E-state index in [0.29, 0.717) is 5.75 Å². The van der Waals surface area contributed by atoms with E-state index in [0.717, 1.165) is 11.3 Å². The molecule has 0 aliphatic carbocycles. The van der Waals surface area contributed by atoms with E-state index in [1.807, 2.05) is 6.92 Å². The van der Waals surface area contributed by atoms with Crippen LogP contribution in [0.5, 0.6) is 5.75 Å². The fourth-order valence-electron chi connectivity index (χ4n) is 1.39. The fraction of sp³-hybridized carbons (Fsp3) is 0.182. The molecular formula is C11H10ClN3O3. The van der Waals surface area contributed by atoms with Crippen molar-refractivity contribution in [1.29, 1.82) is 0 Å². The number of H-pyrrole nitrogens is 1. The molecule has 0 aliphatic rings. The van der Waals surface area contributed by atoms with E-state index in [4.69, 9.17) is 16.3 Å². The number of rotatable bonds is 4. The lowest BCUT2D eigenvalue weighted by atomic mass is 10.3. The van der Waals surface area contributed by atoms with E-state index < -0.39 is 4.92 Å². The molecule has 1 N–H and O–H groups in total. The van der Waals surface area contributed by atoms with Crippen LogP contribution in [0.2, 0.25) is 5.02 Å². The van der Waals surface area contributed by atoms with Gasteiger partial charge in [0, 0.05) is 18.3 Å². The Bertz CT molecular complexity index is 583. The number of benzene rings is 1. The SMILES string of the molecule is Cc1c[nH]nc1COc1ccc([N+](=O)[O-])cc1Cl. The third-order valence-electron chi connectivity index (χ3n) is 2.43. The van der Waals surface area contributed by atoms with Gasteiger partial charge in [0.1, 0.15) is 18.1 Å². The first-order valence-corrected chi connectivity index (χ1v) is 5.51. The zero-order valence-electron chi connectivity index (χ0n) is 9.51. The quantitative estimate of drug-likeness (QED) is 0.682. The number of aromatic nitrogens is 2. The van der Waals surface area contributed by atoms with E-state index >= 15 is 0 Å². The first-order valence-electron chi connectivity index (χ1n) is 5.14. The first kappa shape index (κ1) is 12.4. The minimum Gasteiger partial charge on any atom is -0.486 e. The zero-order chi connectivity index (χ0) is 13.1. The number of halogens is 1. The van der Waals surface area contributed by atoms with Crippen LogP contribution in [0, 0.1) is 17.0 Å². The third kappa shape index (κ3) is 2.60. The van der Waals surface area contributed by atoms with Gasteiger partial charge in [0.25, 0.3) is 5.69 Å². The van der Waals surface area contributed by atoms with Gasteiger partial charge < -0.3 is 4.74 Å². The summed E-state index contributed by atoms with van der Waals surface area (Å²) in [7, 11) is 0. The highest BCUT2D eigenvalue weighted by molar-refractivity contribution is 6.32. The molecule has 2 rings (SSSR count). The van der Waals surface area contributed by atoms with Gasteiger partial charge in [-0.15, -0.1) is 0 Å². The lowest BCUT2D eigenvalue weighted by Gasteiger charge is -2.06. The Morgan fingerprint density at radius 2 is 2.33 bits per heavy atom. The van der Waals surface area contributed by atoms with Crippen molar-refractivity contribution in [2.24, 2.45) is 0 Å². The molecule has 0 aliphatic heterocycles. The number of hydrogen-bond donors (Lipinski definition) is 1. The van der Waals surface area contributed by atoms with Gasteiger partial charge in [-0.1, -0.05) is 11.6 Å². The number of nitrogens with zero attached hydrogens (tertiary/aromatic N) is 2. The molecule has 0 fully saturated rings. The predicted molar refractivity (Wildman–Crippen MR) is 65.8 cm³/mol. The van der Waals surface area contributed by atoms with Crippen molar-refractivity contribution in [2.45, 2.75) is 13.5 Å². The van der Waals surface area contributed by atoms with Crippen molar-refractivity contribution in [2.75, 3.05) is 0 Å². The van der Waals surface area contributed by atoms with Crippen molar-refractivity contribution in [1.82, 2.24) is 10.2 Å². The highest BCUT2D eigenvalue weighted by Gasteiger charge is 2.11. The Balaban J connectivity index is 2.11. The lowest BCUT2D eigenvalue weighted by molar-refractivity contribution is -0.384. The van der Waals surface area contributed by atoms with Crippen molar-refractivity contribution < 1.29 is 9.66 Å². The van der Waals surface area contributed by atoms with Gasteiger partial charge in [-0.25, -0.2) is 0 Å². The topological polar surface area (TPSA) is 81.0 Å². The highest BCUT2D eigenvalue weighted by Crippen LogP contribution is 2.29. The fourth-order valence-corrected chi connectivity index (χ4v) is 1.62. The Kier molecular flexibility index (Phi) is 3.47. The van der Waals surface area contributed by atoms with Crippen molar-refractivity contribution in [3.05, 3.63) is 50.8 Å². The molecule has 7 heteroatoms. The lowest BCUT2D eigenvalue weighted by Crippen LogP contribution is -1.98. The van der Waals surface area contributed by atoms with Gasteiger partial charge in [-0.2, -0.15) is 5.10 Å². The van der Waals surface area contributed by atoms with Crippen LogP contribution in [0.25, 0.3) is 0 Å². The number of aromatic amines is 1. The summed E-state index contributed by atoms with van der Waals surface area (Å²) in [5, 5.41) is 17.5. The first-order chi connectivity index (χ1) is 8.58. The van der Waals surface area contributed by atoms with Gasteiger partial charge in [0.05, 0.1) is 9.95 Å². The Morgan fingerprint density at radius 1 is 1.56 bits per heavy atom.